The Morgan fingerprint density at radius 3 is 1.86 bits per heavy atom. The summed E-state index contributed by atoms with van der Waals surface area (Å²) in [5.74, 6) is 0.286. The van der Waals surface area contributed by atoms with Crippen LogP contribution in [0.15, 0.2) is 66.7 Å². The molecule has 3 aromatic rings. The van der Waals surface area contributed by atoms with Crippen LogP contribution in [0.25, 0.3) is 0 Å². The van der Waals surface area contributed by atoms with Crippen LogP contribution in [0.4, 0.5) is 11.4 Å². The molecule has 2 amide bonds. The maximum atomic E-state index is 12.2. The van der Waals surface area contributed by atoms with Crippen molar-refractivity contribution < 1.29 is 23.9 Å². The largest absolute Gasteiger partial charge is 0.457 e. The van der Waals surface area contributed by atoms with Crippen LogP contribution in [0.1, 0.15) is 36.0 Å². The molecule has 0 aromatic heterocycles. The van der Waals surface area contributed by atoms with Crippen molar-refractivity contribution >= 4 is 29.2 Å². The van der Waals surface area contributed by atoms with Gasteiger partial charge in [0.1, 0.15) is 11.5 Å². The maximum absolute atomic E-state index is 12.2. The van der Waals surface area contributed by atoms with E-state index in [1.165, 1.54) is 0 Å². The predicted octanol–water partition coefficient (Wildman–Crippen LogP) is 5.69. The lowest BCUT2D eigenvalue weighted by atomic mass is 10.1. The molecule has 0 unspecified atom stereocenters. The van der Waals surface area contributed by atoms with E-state index in [4.69, 9.17) is 9.47 Å². The van der Waals surface area contributed by atoms with Crippen LogP contribution in [-0.2, 0) is 19.1 Å². The molecule has 0 saturated heterocycles. The number of esters is 1. The van der Waals surface area contributed by atoms with E-state index in [2.05, 4.69) is 16.7 Å². The average Bonchev–Trinajstić information content (AvgIpc) is 2.80. The SMILES string of the molecule is Cc1ccc(NC(=O)COC(=O)CCCC(=O)Nc2ccc(Oc3cc(C)cc(C)c3)cc2)cc1. The zero-order valence-corrected chi connectivity index (χ0v) is 20.2. The first-order valence-corrected chi connectivity index (χ1v) is 11.4. The summed E-state index contributed by atoms with van der Waals surface area (Å²) < 4.78 is 10.9. The van der Waals surface area contributed by atoms with Crippen molar-refractivity contribution in [1.29, 1.82) is 0 Å². The van der Waals surface area contributed by atoms with E-state index in [-0.39, 0.29) is 25.4 Å². The number of rotatable bonds is 10. The normalized spacial score (nSPS) is 10.4. The topological polar surface area (TPSA) is 93.7 Å². The molecule has 0 aliphatic heterocycles. The number of hydrogen-bond acceptors (Lipinski definition) is 5. The summed E-state index contributed by atoms with van der Waals surface area (Å²) in [5.41, 5.74) is 4.60. The Hall–Kier alpha value is -4.13. The van der Waals surface area contributed by atoms with Crippen molar-refractivity contribution in [2.24, 2.45) is 0 Å². The summed E-state index contributed by atoms with van der Waals surface area (Å²) in [6.45, 7) is 5.62. The lowest BCUT2D eigenvalue weighted by Crippen LogP contribution is -2.21. The van der Waals surface area contributed by atoms with Gasteiger partial charge < -0.3 is 20.1 Å². The minimum atomic E-state index is -0.523. The van der Waals surface area contributed by atoms with Gasteiger partial charge >= 0.3 is 5.97 Å². The minimum Gasteiger partial charge on any atom is -0.457 e. The van der Waals surface area contributed by atoms with E-state index in [1.54, 1.807) is 36.4 Å². The molecule has 35 heavy (non-hydrogen) atoms. The van der Waals surface area contributed by atoms with Crippen LogP contribution in [0, 0.1) is 20.8 Å². The number of carbonyl (C=O) groups is 3. The second-order valence-electron chi connectivity index (χ2n) is 8.43. The van der Waals surface area contributed by atoms with E-state index >= 15 is 0 Å². The number of benzene rings is 3. The summed E-state index contributed by atoms with van der Waals surface area (Å²) in [6.07, 6.45) is 0.525. The number of aryl methyl sites for hydroxylation is 3. The molecular formula is C28H30N2O5. The number of hydrogen-bond donors (Lipinski definition) is 2. The minimum absolute atomic E-state index is 0.0495. The first-order valence-electron chi connectivity index (χ1n) is 11.4. The van der Waals surface area contributed by atoms with Crippen LogP contribution in [-0.4, -0.2) is 24.4 Å². The molecule has 0 spiro atoms. The number of anilines is 2. The average molecular weight is 475 g/mol. The van der Waals surface area contributed by atoms with Crippen LogP contribution < -0.4 is 15.4 Å². The fourth-order valence-electron chi connectivity index (χ4n) is 3.40. The third kappa shape index (κ3) is 8.97. The van der Waals surface area contributed by atoms with E-state index in [0.717, 1.165) is 22.4 Å². The molecule has 0 fully saturated rings. The van der Waals surface area contributed by atoms with Crippen LogP contribution in [0.2, 0.25) is 0 Å². The second-order valence-corrected chi connectivity index (χ2v) is 8.43. The Kier molecular flexibility index (Phi) is 9.01. The molecule has 0 radical (unpaired) electrons. The molecule has 0 aliphatic carbocycles. The highest BCUT2D eigenvalue weighted by atomic mass is 16.5. The smallest absolute Gasteiger partial charge is 0.306 e. The molecule has 3 rings (SSSR count). The summed E-state index contributed by atoms with van der Waals surface area (Å²) in [6, 6.07) is 20.4. The number of carbonyl (C=O) groups excluding carboxylic acids is 3. The summed E-state index contributed by atoms with van der Waals surface area (Å²) >= 11 is 0. The first kappa shape index (κ1) is 25.5. The van der Waals surface area contributed by atoms with Crippen molar-refractivity contribution in [2.45, 2.75) is 40.0 Å². The van der Waals surface area contributed by atoms with Gasteiger partial charge in [-0.3, -0.25) is 14.4 Å². The zero-order valence-electron chi connectivity index (χ0n) is 20.2. The van der Waals surface area contributed by atoms with Gasteiger partial charge in [0.25, 0.3) is 5.91 Å². The van der Waals surface area contributed by atoms with Gasteiger partial charge in [-0.15, -0.1) is 0 Å². The monoisotopic (exact) mass is 474 g/mol. The summed E-state index contributed by atoms with van der Waals surface area (Å²) in [7, 11) is 0. The Bertz CT molecular complexity index is 1150. The molecule has 0 atom stereocenters. The van der Waals surface area contributed by atoms with Crippen molar-refractivity contribution in [3.63, 3.8) is 0 Å². The van der Waals surface area contributed by atoms with Gasteiger partial charge in [0.2, 0.25) is 5.91 Å². The van der Waals surface area contributed by atoms with Gasteiger partial charge in [0, 0.05) is 24.2 Å². The molecule has 2 N–H and O–H groups in total. The quantitative estimate of drug-likeness (QED) is 0.368. The third-order valence-electron chi connectivity index (χ3n) is 5.05. The maximum Gasteiger partial charge on any atom is 0.306 e. The predicted molar refractivity (Wildman–Crippen MR) is 136 cm³/mol. The van der Waals surface area contributed by atoms with Crippen LogP contribution >= 0.6 is 0 Å². The van der Waals surface area contributed by atoms with Gasteiger partial charge in [0.15, 0.2) is 6.61 Å². The van der Waals surface area contributed by atoms with Gasteiger partial charge in [-0.05, 0) is 86.8 Å². The lowest BCUT2D eigenvalue weighted by molar-refractivity contribution is -0.147. The fourth-order valence-corrected chi connectivity index (χ4v) is 3.40. The first-order chi connectivity index (χ1) is 16.8. The van der Waals surface area contributed by atoms with Gasteiger partial charge in [-0.25, -0.2) is 0 Å². The fraction of sp³-hybridized carbons (Fsp3) is 0.250. The highest BCUT2D eigenvalue weighted by molar-refractivity contribution is 5.93. The van der Waals surface area contributed by atoms with E-state index in [1.807, 2.05) is 45.0 Å². The highest BCUT2D eigenvalue weighted by Gasteiger charge is 2.10. The molecule has 0 heterocycles. The van der Waals surface area contributed by atoms with Gasteiger partial charge in [-0.2, -0.15) is 0 Å². The van der Waals surface area contributed by atoms with Crippen molar-refractivity contribution in [2.75, 3.05) is 17.2 Å². The Morgan fingerprint density at radius 1 is 0.657 bits per heavy atom. The molecule has 7 nitrogen and oxygen atoms in total. The zero-order chi connectivity index (χ0) is 25.2. The molecule has 3 aromatic carbocycles. The Balaban J connectivity index is 1.34. The molecule has 0 aliphatic rings. The Morgan fingerprint density at radius 2 is 1.23 bits per heavy atom. The lowest BCUT2D eigenvalue weighted by Gasteiger charge is -2.10. The number of amides is 2. The Labute approximate surface area is 205 Å². The summed E-state index contributed by atoms with van der Waals surface area (Å²) in [4.78, 5) is 35.9. The third-order valence-corrected chi connectivity index (χ3v) is 5.05. The molecular weight excluding hydrogens is 444 g/mol. The van der Waals surface area contributed by atoms with Crippen molar-refractivity contribution in [3.8, 4) is 11.5 Å². The highest BCUT2D eigenvalue weighted by Crippen LogP contribution is 2.25. The number of ether oxygens (including phenoxy) is 2. The summed E-state index contributed by atoms with van der Waals surface area (Å²) in [5, 5.41) is 5.45. The van der Waals surface area contributed by atoms with Gasteiger partial charge in [0.05, 0.1) is 0 Å². The molecule has 0 saturated carbocycles. The van der Waals surface area contributed by atoms with Crippen molar-refractivity contribution in [1.82, 2.24) is 0 Å². The number of nitrogens with one attached hydrogen (secondary N) is 2. The molecule has 0 bridgehead atoms. The van der Waals surface area contributed by atoms with E-state index in [9.17, 15) is 14.4 Å². The second kappa shape index (κ2) is 12.4. The molecule has 182 valence electrons. The van der Waals surface area contributed by atoms with Gasteiger partial charge in [-0.1, -0.05) is 23.8 Å². The van der Waals surface area contributed by atoms with E-state index < -0.39 is 11.9 Å². The van der Waals surface area contributed by atoms with Crippen LogP contribution in [0.5, 0.6) is 11.5 Å². The standard InChI is InChI=1S/C28H30N2O5/c1-19-7-9-22(10-8-19)30-27(32)18-34-28(33)6-4-5-26(31)29-23-11-13-24(14-12-23)35-25-16-20(2)15-21(3)17-25/h7-17H,4-6,18H2,1-3H3,(H,29,31)(H,30,32). The van der Waals surface area contributed by atoms with E-state index in [0.29, 0.717) is 23.5 Å². The van der Waals surface area contributed by atoms with Crippen LogP contribution in [0.3, 0.4) is 0 Å². The van der Waals surface area contributed by atoms with Crippen molar-refractivity contribution in [3.05, 3.63) is 83.4 Å². The molecule has 7 heteroatoms.